The summed E-state index contributed by atoms with van der Waals surface area (Å²) < 4.78 is 0. The van der Waals surface area contributed by atoms with Gasteiger partial charge in [0.05, 0.1) is 5.25 Å². The number of carbonyl (C=O) groups is 1. The van der Waals surface area contributed by atoms with Gasteiger partial charge in [-0.25, -0.2) is 0 Å². The smallest absolute Gasteiger partial charge is 0.249 e. The van der Waals surface area contributed by atoms with Crippen molar-refractivity contribution in [3.8, 4) is 0 Å². The molecule has 0 aliphatic heterocycles. The maximum Gasteiger partial charge on any atom is 0.249 e. The van der Waals surface area contributed by atoms with Crippen molar-refractivity contribution in [2.45, 2.75) is 43.8 Å². The van der Waals surface area contributed by atoms with Gasteiger partial charge in [-0.1, -0.05) is 19.3 Å². The van der Waals surface area contributed by atoms with Crippen molar-refractivity contribution in [3.05, 3.63) is 11.4 Å². The van der Waals surface area contributed by atoms with E-state index in [-0.39, 0.29) is 22.9 Å². The predicted octanol–water partition coefficient (Wildman–Crippen LogP) is 0.394. The Kier molecular flexibility index (Phi) is 8.82. The van der Waals surface area contributed by atoms with Crippen LogP contribution in [0.1, 0.15) is 38.5 Å². The number of hydrazine groups is 1. The number of amides is 1. The molecule has 0 unspecified atom stereocenters. The molecule has 1 amide bonds. The van der Waals surface area contributed by atoms with Gasteiger partial charge in [0.2, 0.25) is 5.91 Å². The Hall–Kier alpha value is -1.45. The Bertz CT molecular complexity index is 437. The maximum atomic E-state index is 11.7. The van der Waals surface area contributed by atoms with Crippen LogP contribution in [0, 0.1) is 11.3 Å². The van der Waals surface area contributed by atoms with Crippen LogP contribution in [0.5, 0.6) is 0 Å². The average molecular weight is 344 g/mol. The molecule has 0 bridgehead atoms. The molecule has 0 radical (unpaired) electrons. The van der Waals surface area contributed by atoms with Crippen LogP contribution >= 0.6 is 11.8 Å². The summed E-state index contributed by atoms with van der Waals surface area (Å²) in [5.74, 6) is 0.394. The number of hydrogen-bond donors (Lipinski definition) is 7. The lowest BCUT2D eigenvalue weighted by Gasteiger charge is -2.25. The second kappa shape index (κ2) is 10.3. The minimum Gasteiger partial charge on any atom is -0.385 e. The molecular formula is C14H28N6O2S. The summed E-state index contributed by atoms with van der Waals surface area (Å²) in [6.45, 7) is 0.486. The van der Waals surface area contributed by atoms with Crippen molar-refractivity contribution in [1.29, 1.82) is 5.41 Å². The molecule has 8 nitrogen and oxygen atoms in total. The van der Waals surface area contributed by atoms with E-state index >= 15 is 0 Å². The molecule has 1 aliphatic rings. The van der Waals surface area contributed by atoms with Crippen LogP contribution in [0.25, 0.3) is 0 Å². The van der Waals surface area contributed by atoms with Crippen LogP contribution in [-0.2, 0) is 4.79 Å². The Morgan fingerprint density at radius 3 is 2.52 bits per heavy atom. The molecule has 0 spiro atoms. The van der Waals surface area contributed by atoms with Crippen molar-refractivity contribution in [2.75, 3.05) is 12.8 Å². The lowest BCUT2D eigenvalue weighted by molar-refractivity contribution is -0.124. The number of nitrogens with two attached hydrogens (primary N) is 2. The van der Waals surface area contributed by atoms with E-state index in [1.54, 1.807) is 5.59 Å². The first-order valence-corrected chi connectivity index (χ1v) is 9.09. The summed E-state index contributed by atoms with van der Waals surface area (Å²) in [7, 11) is 0. The molecular weight excluding hydrogens is 316 g/mol. The number of hydrogen-bond acceptors (Lipinski definition) is 7. The quantitative estimate of drug-likeness (QED) is 0.182. The lowest BCUT2D eigenvalue weighted by Crippen LogP contribution is -2.41. The molecule has 1 atom stereocenters. The van der Waals surface area contributed by atoms with Gasteiger partial charge in [0.15, 0.2) is 0 Å². The van der Waals surface area contributed by atoms with Crippen molar-refractivity contribution in [2.24, 2.45) is 17.4 Å². The summed E-state index contributed by atoms with van der Waals surface area (Å²) in [6.07, 6.45) is 7.87. The molecule has 23 heavy (non-hydrogen) atoms. The third-order valence-electron chi connectivity index (χ3n) is 4.07. The molecule has 1 fully saturated rings. The monoisotopic (exact) mass is 344 g/mol. The minimum atomic E-state index is -0.314. The Labute approximate surface area is 141 Å². The molecule has 0 aromatic rings. The molecule has 0 saturated heterocycles. The van der Waals surface area contributed by atoms with Crippen molar-refractivity contribution >= 4 is 23.5 Å². The van der Waals surface area contributed by atoms with Gasteiger partial charge in [0, 0.05) is 12.1 Å². The molecule has 1 aliphatic carbocycles. The second-order valence-electron chi connectivity index (χ2n) is 5.62. The standard InChI is InChI=1S/C14H28N6O2S/c1-23-10(14(21)19-20-22)7-8-18-13(17)11(12(15)16)9-5-3-2-4-6-9/h9-10,18,20,22H,2-8,17H2,1H3,(H3,15,16)(H,19,21)/b13-11-/t10-/m1/s1. The highest BCUT2D eigenvalue weighted by atomic mass is 32.2. The van der Waals surface area contributed by atoms with Gasteiger partial charge in [-0.15, -0.1) is 5.59 Å². The van der Waals surface area contributed by atoms with Crippen LogP contribution in [0.2, 0.25) is 0 Å². The summed E-state index contributed by atoms with van der Waals surface area (Å²) in [5.41, 5.74) is 16.3. The third-order valence-corrected chi connectivity index (χ3v) is 5.09. The van der Waals surface area contributed by atoms with E-state index < -0.39 is 0 Å². The molecule has 132 valence electrons. The van der Waals surface area contributed by atoms with Crippen molar-refractivity contribution < 1.29 is 10.0 Å². The van der Waals surface area contributed by atoms with E-state index in [1.807, 2.05) is 6.26 Å². The number of thioether (sulfide) groups is 1. The zero-order valence-corrected chi connectivity index (χ0v) is 14.3. The van der Waals surface area contributed by atoms with E-state index in [0.29, 0.717) is 24.4 Å². The normalized spacial score (nSPS) is 18.0. The van der Waals surface area contributed by atoms with Gasteiger partial charge in [0.25, 0.3) is 0 Å². The Balaban J connectivity index is 2.61. The van der Waals surface area contributed by atoms with Crippen LogP contribution < -0.4 is 27.8 Å². The van der Waals surface area contributed by atoms with E-state index in [1.165, 1.54) is 18.2 Å². The fraction of sp³-hybridized carbons (Fsp3) is 0.714. The van der Waals surface area contributed by atoms with Gasteiger partial charge in [0.1, 0.15) is 11.7 Å². The van der Waals surface area contributed by atoms with E-state index in [4.69, 9.17) is 22.1 Å². The average Bonchev–Trinajstić information content (AvgIpc) is 2.52. The van der Waals surface area contributed by atoms with Crippen LogP contribution in [0.3, 0.4) is 0 Å². The number of nitrogens with one attached hydrogen (secondary N) is 4. The second-order valence-corrected chi connectivity index (χ2v) is 6.66. The van der Waals surface area contributed by atoms with E-state index in [9.17, 15) is 4.79 Å². The van der Waals surface area contributed by atoms with Crippen molar-refractivity contribution in [3.63, 3.8) is 0 Å². The van der Waals surface area contributed by atoms with Crippen LogP contribution in [0.15, 0.2) is 11.4 Å². The fourth-order valence-corrected chi connectivity index (χ4v) is 3.53. The van der Waals surface area contributed by atoms with Gasteiger partial charge >= 0.3 is 0 Å². The SMILES string of the molecule is CS[C@H](CCN/C(N)=C(\C(=N)N)C1CCCCC1)C(=O)NNO. The zero-order valence-electron chi connectivity index (χ0n) is 13.5. The fourth-order valence-electron chi connectivity index (χ4n) is 2.90. The molecule has 1 rings (SSSR count). The first-order valence-electron chi connectivity index (χ1n) is 7.80. The van der Waals surface area contributed by atoms with E-state index in [0.717, 1.165) is 25.7 Å². The molecule has 1 saturated carbocycles. The molecule has 0 aromatic heterocycles. The van der Waals surface area contributed by atoms with Crippen molar-refractivity contribution in [1.82, 2.24) is 16.3 Å². The molecule has 9 N–H and O–H groups in total. The minimum absolute atomic E-state index is 0.0190. The zero-order chi connectivity index (χ0) is 17.2. The first-order chi connectivity index (χ1) is 11.0. The first kappa shape index (κ1) is 19.6. The highest BCUT2D eigenvalue weighted by Crippen LogP contribution is 2.30. The summed E-state index contributed by atoms with van der Waals surface area (Å²) in [4.78, 5) is 11.7. The maximum absolute atomic E-state index is 11.7. The highest BCUT2D eigenvalue weighted by molar-refractivity contribution is 7.99. The number of amidine groups is 1. The van der Waals surface area contributed by atoms with Crippen LogP contribution in [-0.4, -0.2) is 35.0 Å². The topological polar surface area (TPSA) is 149 Å². The number of carbonyl (C=O) groups excluding carboxylic acids is 1. The Morgan fingerprint density at radius 1 is 1.35 bits per heavy atom. The summed E-state index contributed by atoms with van der Waals surface area (Å²) in [5, 5.41) is 19.1. The van der Waals surface area contributed by atoms with E-state index in [2.05, 4.69) is 10.7 Å². The molecule has 0 aromatic carbocycles. The molecule has 0 heterocycles. The molecule has 9 heteroatoms. The van der Waals surface area contributed by atoms with Gasteiger partial charge in [-0.3, -0.25) is 20.8 Å². The summed E-state index contributed by atoms with van der Waals surface area (Å²) in [6, 6.07) is 0. The van der Waals surface area contributed by atoms with Crippen LogP contribution in [0.4, 0.5) is 0 Å². The third kappa shape index (κ3) is 6.28. The Morgan fingerprint density at radius 2 is 2.00 bits per heavy atom. The van der Waals surface area contributed by atoms with Gasteiger partial charge in [-0.2, -0.15) is 11.8 Å². The van der Waals surface area contributed by atoms with Gasteiger partial charge < -0.3 is 16.8 Å². The largest absolute Gasteiger partial charge is 0.385 e. The predicted molar refractivity (Wildman–Crippen MR) is 92.7 cm³/mol. The highest BCUT2D eigenvalue weighted by Gasteiger charge is 2.23. The summed E-state index contributed by atoms with van der Waals surface area (Å²) >= 11 is 1.39. The van der Waals surface area contributed by atoms with Gasteiger partial charge in [-0.05, 0) is 31.4 Å². The lowest BCUT2D eigenvalue weighted by atomic mass is 9.83. The number of rotatable bonds is 9.